The molecule has 1 atom stereocenters. The van der Waals surface area contributed by atoms with Crippen molar-refractivity contribution >= 4 is 28.5 Å². The van der Waals surface area contributed by atoms with Gasteiger partial charge < -0.3 is 14.5 Å². The molecule has 1 aliphatic heterocycles. The molecule has 0 saturated carbocycles. The number of rotatable bonds is 6. The van der Waals surface area contributed by atoms with Crippen LogP contribution in [0.1, 0.15) is 53.1 Å². The maximum absolute atomic E-state index is 13.0. The van der Waals surface area contributed by atoms with E-state index in [9.17, 15) is 4.79 Å². The number of fused-ring (bicyclic) bond motifs is 1. The van der Waals surface area contributed by atoms with Crippen molar-refractivity contribution in [3.63, 3.8) is 0 Å². The predicted octanol–water partition coefficient (Wildman–Crippen LogP) is 5.32. The molecule has 1 N–H and O–H groups in total. The zero-order valence-electron chi connectivity index (χ0n) is 18.3. The van der Waals surface area contributed by atoms with Gasteiger partial charge in [-0.3, -0.25) is 9.69 Å². The van der Waals surface area contributed by atoms with Crippen LogP contribution in [0, 0.1) is 6.92 Å². The molecule has 3 aromatic rings. The first-order chi connectivity index (χ1) is 14.9. The van der Waals surface area contributed by atoms with Crippen LogP contribution in [0.25, 0.3) is 11.0 Å². The van der Waals surface area contributed by atoms with Gasteiger partial charge >= 0.3 is 0 Å². The number of hydrogen-bond acceptors (Lipinski definition) is 4. The lowest BCUT2D eigenvalue weighted by Crippen LogP contribution is -2.43. The van der Waals surface area contributed by atoms with Gasteiger partial charge in [0.25, 0.3) is 5.91 Å². The molecule has 0 radical (unpaired) electrons. The smallest absolute Gasteiger partial charge is 0.287 e. The number of halogens is 1. The molecule has 1 aromatic heterocycles. The van der Waals surface area contributed by atoms with E-state index in [0.717, 1.165) is 24.0 Å². The Morgan fingerprint density at radius 3 is 2.45 bits per heavy atom. The second kappa shape index (κ2) is 9.43. The largest absolute Gasteiger partial charge is 0.451 e. The number of morpholine rings is 1. The Balaban J connectivity index is 1.54. The summed E-state index contributed by atoms with van der Waals surface area (Å²) in [5, 5.41) is 4.59. The van der Waals surface area contributed by atoms with Gasteiger partial charge in [-0.1, -0.05) is 49.7 Å². The van der Waals surface area contributed by atoms with E-state index in [-0.39, 0.29) is 11.9 Å². The number of carbonyl (C=O) groups excluding carboxylic acids is 1. The fraction of sp³-hybridized carbons (Fsp3) is 0.400. The fourth-order valence-electron chi connectivity index (χ4n) is 4.13. The third-order valence-corrected chi connectivity index (χ3v) is 6.27. The van der Waals surface area contributed by atoms with Gasteiger partial charge in [-0.05, 0) is 42.2 Å². The third-order valence-electron chi connectivity index (χ3n) is 6.03. The first-order valence-corrected chi connectivity index (χ1v) is 11.2. The third kappa shape index (κ3) is 4.79. The van der Waals surface area contributed by atoms with Gasteiger partial charge in [-0.15, -0.1) is 0 Å². The van der Waals surface area contributed by atoms with Crippen LogP contribution in [0.4, 0.5) is 0 Å². The average Bonchev–Trinajstić information content (AvgIpc) is 3.11. The van der Waals surface area contributed by atoms with Gasteiger partial charge in [-0.25, -0.2) is 0 Å². The molecule has 1 amide bonds. The number of nitrogens with zero attached hydrogens (tertiary/aromatic N) is 1. The van der Waals surface area contributed by atoms with Crippen LogP contribution >= 0.6 is 11.6 Å². The lowest BCUT2D eigenvalue weighted by Gasteiger charge is -2.35. The number of furan rings is 1. The number of benzene rings is 2. The highest BCUT2D eigenvalue weighted by molar-refractivity contribution is 6.31. The van der Waals surface area contributed by atoms with E-state index < -0.39 is 0 Å². The van der Waals surface area contributed by atoms with Crippen LogP contribution < -0.4 is 5.32 Å². The summed E-state index contributed by atoms with van der Waals surface area (Å²) in [5.74, 6) is 0.621. The van der Waals surface area contributed by atoms with E-state index in [1.54, 1.807) is 12.1 Å². The Morgan fingerprint density at radius 1 is 1.10 bits per heavy atom. The summed E-state index contributed by atoms with van der Waals surface area (Å²) in [6, 6.07) is 14.2. The molecule has 0 aliphatic carbocycles. The SMILES string of the molecule is Cc1c(C(=O)NC[C@H](c2ccc(C(C)C)cc2)N2CCOCC2)oc2ccc(Cl)cc12. The minimum absolute atomic E-state index is 0.0770. The topological polar surface area (TPSA) is 54.7 Å². The number of ether oxygens (including phenoxy) is 1. The van der Waals surface area contributed by atoms with Crippen LogP contribution in [-0.2, 0) is 4.74 Å². The lowest BCUT2D eigenvalue weighted by molar-refractivity contribution is 0.0161. The minimum Gasteiger partial charge on any atom is -0.451 e. The summed E-state index contributed by atoms with van der Waals surface area (Å²) in [6.07, 6.45) is 0. The molecule has 1 aliphatic rings. The molecular weight excluding hydrogens is 412 g/mol. The Morgan fingerprint density at radius 2 is 1.77 bits per heavy atom. The van der Waals surface area contributed by atoms with Crippen molar-refractivity contribution in [2.24, 2.45) is 0 Å². The first-order valence-electron chi connectivity index (χ1n) is 10.8. The van der Waals surface area contributed by atoms with Crippen molar-refractivity contribution in [2.75, 3.05) is 32.8 Å². The molecule has 2 heterocycles. The normalized spacial score (nSPS) is 16.0. The Labute approximate surface area is 188 Å². The zero-order valence-corrected chi connectivity index (χ0v) is 19.0. The quantitative estimate of drug-likeness (QED) is 0.563. The highest BCUT2D eigenvalue weighted by Crippen LogP contribution is 2.28. The maximum atomic E-state index is 13.0. The highest BCUT2D eigenvalue weighted by Gasteiger charge is 2.25. The van der Waals surface area contributed by atoms with E-state index in [4.69, 9.17) is 20.8 Å². The standard InChI is InChI=1S/C25H29ClN2O3/c1-16(2)18-4-6-19(7-5-18)22(28-10-12-30-13-11-28)15-27-25(29)24-17(3)21-14-20(26)8-9-23(21)31-24/h4-9,14,16,22H,10-13,15H2,1-3H3,(H,27,29)/t22-/m1/s1. The van der Waals surface area contributed by atoms with Crippen LogP contribution in [0.15, 0.2) is 46.9 Å². The van der Waals surface area contributed by atoms with E-state index in [1.807, 2.05) is 13.0 Å². The van der Waals surface area contributed by atoms with E-state index >= 15 is 0 Å². The molecule has 1 saturated heterocycles. The van der Waals surface area contributed by atoms with Crippen LogP contribution in [0.2, 0.25) is 5.02 Å². The van der Waals surface area contributed by atoms with Crippen molar-refractivity contribution in [3.8, 4) is 0 Å². The van der Waals surface area contributed by atoms with Crippen LogP contribution in [0.5, 0.6) is 0 Å². The summed E-state index contributed by atoms with van der Waals surface area (Å²) >= 11 is 6.11. The number of amides is 1. The van der Waals surface area contributed by atoms with Crippen molar-refractivity contribution < 1.29 is 13.9 Å². The van der Waals surface area contributed by atoms with Crippen molar-refractivity contribution in [1.29, 1.82) is 0 Å². The molecule has 164 valence electrons. The minimum atomic E-state index is -0.207. The van der Waals surface area contributed by atoms with Crippen LogP contribution in [-0.4, -0.2) is 43.7 Å². The predicted molar refractivity (Wildman–Crippen MR) is 124 cm³/mol. The van der Waals surface area contributed by atoms with E-state index in [0.29, 0.717) is 42.0 Å². The monoisotopic (exact) mass is 440 g/mol. The summed E-state index contributed by atoms with van der Waals surface area (Å²) < 4.78 is 11.4. The molecular formula is C25H29ClN2O3. The van der Waals surface area contributed by atoms with Crippen molar-refractivity contribution in [2.45, 2.75) is 32.7 Å². The molecule has 0 spiro atoms. The highest BCUT2D eigenvalue weighted by atomic mass is 35.5. The average molecular weight is 441 g/mol. The van der Waals surface area contributed by atoms with Crippen molar-refractivity contribution in [3.05, 3.63) is 69.9 Å². The number of aryl methyl sites for hydroxylation is 1. The van der Waals surface area contributed by atoms with Gasteiger partial charge in [0.2, 0.25) is 0 Å². The summed E-state index contributed by atoms with van der Waals surface area (Å²) in [7, 11) is 0. The summed E-state index contributed by atoms with van der Waals surface area (Å²) in [6.45, 7) is 9.87. The molecule has 31 heavy (non-hydrogen) atoms. The molecule has 1 fully saturated rings. The molecule has 4 rings (SSSR count). The maximum Gasteiger partial charge on any atom is 0.287 e. The lowest BCUT2D eigenvalue weighted by atomic mass is 9.98. The second-order valence-electron chi connectivity index (χ2n) is 8.39. The van der Waals surface area contributed by atoms with Crippen molar-refractivity contribution in [1.82, 2.24) is 10.2 Å². The number of carbonyl (C=O) groups is 1. The first kappa shape index (κ1) is 21.9. The zero-order chi connectivity index (χ0) is 22.0. The van der Waals surface area contributed by atoms with Gasteiger partial charge in [0, 0.05) is 35.6 Å². The fourth-order valence-corrected chi connectivity index (χ4v) is 4.30. The second-order valence-corrected chi connectivity index (χ2v) is 8.83. The van der Waals surface area contributed by atoms with Gasteiger partial charge in [0.15, 0.2) is 5.76 Å². The molecule has 2 aromatic carbocycles. The Kier molecular flexibility index (Phi) is 6.65. The van der Waals surface area contributed by atoms with Crippen LogP contribution in [0.3, 0.4) is 0 Å². The Bertz CT molecular complexity index is 1050. The van der Waals surface area contributed by atoms with E-state index in [1.165, 1.54) is 11.1 Å². The van der Waals surface area contributed by atoms with Gasteiger partial charge in [0.1, 0.15) is 5.58 Å². The summed E-state index contributed by atoms with van der Waals surface area (Å²) in [4.78, 5) is 15.4. The van der Waals surface area contributed by atoms with Gasteiger partial charge in [-0.2, -0.15) is 0 Å². The molecule has 0 bridgehead atoms. The number of nitrogens with one attached hydrogen (secondary N) is 1. The van der Waals surface area contributed by atoms with E-state index in [2.05, 4.69) is 48.3 Å². The molecule has 0 unspecified atom stereocenters. The molecule has 5 nitrogen and oxygen atoms in total. The Hall–Kier alpha value is -2.34. The summed E-state index contributed by atoms with van der Waals surface area (Å²) in [5.41, 5.74) is 3.98. The van der Waals surface area contributed by atoms with Gasteiger partial charge in [0.05, 0.1) is 19.3 Å². The number of hydrogen-bond donors (Lipinski definition) is 1. The molecule has 6 heteroatoms.